The third-order valence-electron chi connectivity index (χ3n) is 6.22. The minimum absolute atomic E-state index is 0.0281. The maximum absolute atomic E-state index is 12.9. The van der Waals surface area contributed by atoms with Gasteiger partial charge < -0.3 is 39.6 Å². The molecule has 0 spiro atoms. The number of hydrogen-bond acceptors (Lipinski definition) is 9. The first kappa shape index (κ1) is 37.9. The number of benzene rings is 2. The van der Waals surface area contributed by atoms with Crippen LogP contribution in [0, 0.1) is 24.8 Å². The van der Waals surface area contributed by atoms with Crippen molar-refractivity contribution in [1.82, 2.24) is 9.97 Å². The molecule has 2 unspecified atom stereocenters. The molecule has 0 aliphatic heterocycles. The Kier molecular flexibility index (Phi) is 16.7. The molecule has 2 heterocycles. The summed E-state index contributed by atoms with van der Waals surface area (Å²) in [7, 11) is 0. The third kappa shape index (κ3) is 14.1. The number of oxazole rings is 2. The topological polar surface area (TPSA) is 182 Å². The van der Waals surface area contributed by atoms with Crippen LogP contribution in [-0.2, 0) is 9.59 Å². The molecule has 0 fully saturated rings. The van der Waals surface area contributed by atoms with Gasteiger partial charge in [0.25, 0.3) is 0 Å². The fourth-order valence-electron chi connectivity index (χ4n) is 3.73. The number of aliphatic hydroxyl groups excluding tert-OH is 2. The van der Waals surface area contributed by atoms with Crippen molar-refractivity contribution >= 4 is 11.8 Å². The van der Waals surface area contributed by atoms with Crippen LogP contribution in [0.4, 0.5) is 8.78 Å². The van der Waals surface area contributed by atoms with Crippen molar-refractivity contribution in [3.8, 4) is 22.9 Å². The molecule has 4 rings (SSSR count). The smallest absolute Gasteiger partial charge is 0.310 e. The van der Waals surface area contributed by atoms with Gasteiger partial charge in [-0.3, -0.25) is 9.59 Å². The van der Waals surface area contributed by atoms with Crippen LogP contribution in [0.15, 0.2) is 69.9 Å². The molecule has 4 aromatic rings. The van der Waals surface area contributed by atoms with Crippen LogP contribution in [-0.4, -0.2) is 56.7 Å². The van der Waals surface area contributed by atoms with E-state index in [1.54, 1.807) is 24.3 Å². The second-order valence-corrected chi connectivity index (χ2v) is 9.87. The Morgan fingerprint density at radius 2 is 1.21 bits per heavy atom. The third-order valence-corrected chi connectivity index (χ3v) is 6.22. The summed E-state index contributed by atoms with van der Waals surface area (Å²) in [6.45, 7) is 13.5. The van der Waals surface area contributed by atoms with E-state index in [4.69, 9.17) is 32.8 Å². The Labute approximate surface area is 270 Å². The molecule has 12 nitrogen and oxygen atoms in total. The van der Waals surface area contributed by atoms with Crippen molar-refractivity contribution in [2.45, 2.75) is 50.7 Å². The van der Waals surface area contributed by atoms with E-state index >= 15 is 0 Å². The van der Waals surface area contributed by atoms with E-state index in [9.17, 15) is 28.6 Å². The number of aliphatic hydroxyl groups is 2. The molecule has 248 valence electrons. The van der Waals surface area contributed by atoms with Gasteiger partial charge in [-0.2, -0.15) is 0 Å². The highest BCUT2D eigenvalue weighted by atomic mass is 19.1. The normalized spacial score (nSPS) is 11.5. The maximum Gasteiger partial charge on any atom is 0.310 e. The molecule has 2 atom stereocenters. The molecule has 14 heteroatoms. The fourth-order valence-corrected chi connectivity index (χ4v) is 3.73. The van der Waals surface area contributed by atoms with E-state index in [0.29, 0.717) is 66.5 Å². The van der Waals surface area contributed by atoms with Gasteiger partial charge in [-0.05, 0) is 74.3 Å². The summed E-state index contributed by atoms with van der Waals surface area (Å²) < 4.78 is 36.1. The molecule has 0 saturated carbocycles. The Morgan fingerprint density at radius 1 is 0.766 bits per heavy atom. The van der Waals surface area contributed by atoms with Crippen LogP contribution >= 0.6 is 0 Å². The molecule has 2 aromatic heterocycles. The van der Waals surface area contributed by atoms with Gasteiger partial charge in [0.05, 0.1) is 12.5 Å². The largest absolute Gasteiger partial charge is 0.481 e. The molecular formula is C33H35F2N5O7. The molecule has 0 bridgehead atoms. The Balaban J connectivity index is 0.000000280. The standard InChI is InChI=1S/C17H17FN2O3.C12H13FN2O2.C4H5NO2/c1-19-10-9-14(21)3-2-4-16(22)15-11-23-17(20-15)12-5-7-13(18)8-6-12;13-9-3-1-8(2-4-9)12-15-10(7-17-12)11(16)5-6-14;1-5-3-2-4(6)7/h5-8,11,16,22H,2-4,9-10H2;1-4,7,11,16H,5-6,14H2;2-3H2,(H,6,7). The number of nitrogens with zero attached hydrogens (tertiary/aromatic N) is 4. The van der Waals surface area contributed by atoms with Gasteiger partial charge in [-0.25, -0.2) is 31.9 Å². The van der Waals surface area contributed by atoms with Crippen molar-refractivity contribution in [2.75, 3.05) is 19.6 Å². The second kappa shape index (κ2) is 20.7. The van der Waals surface area contributed by atoms with Gasteiger partial charge in [-0.15, -0.1) is 0 Å². The highest BCUT2D eigenvalue weighted by molar-refractivity contribution is 5.78. The van der Waals surface area contributed by atoms with Crippen molar-refractivity contribution < 1.29 is 42.5 Å². The molecule has 5 N–H and O–H groups in total. The number of aliphatic carboxylic acids is 1. The lowest BCUT2D eigenvalue weighted by Gasteiger charge is -2.05. The zero-order chi connectivity index (χ0) is 34.6. The summed E-state index contributed by atoms with van der Waals surface area (Å²) in [5.41, 5.74) is 7.46. The average molecular weight is 652 g/mol. The zero-order valence-corrected chi connectivity index (χ0v) is 25.4. The zero-order valence-electron chi connectivity index (χ0n) is 25.4. The van der Waals surface area contributed by atoms with E-state index in [-0.39, 0.29) is 43.3 Å². The van der Waals surface area contributed by atoms with Crippen LogP contribution in [0.25, 0.3) is 32.6 Å². The number of carboxylic acid groups (broad SMARTS) is 1. The van der Waals surface area contributed by atoms with E-state index in [1.807, 2.05) is 0 Å². The van der Waals surface area contributed by atoms with Crippen LogP contribution in [0.1, 0.15) is 62.1 Å². The van der Waals surface area contributed by atoms with Gasteiger partial charge >= 0.3 is 5.97 Å². The molecule has 47 heavy (non-hydrogen) atoms. The number of nitrogens with two attached hydrogens (primary N) is 1. The summed E-state index contributed by atoms with van der Waals surface area (Å²) in [5, 5.41) is 27.6. The van der Waals surface area contributed by atoms with Crippen molar-refractivity contribution in [3.05, 3.63) is 107 Å². The van der Waals surface area contributed by atoms with Gasteiger partial charge in [0.1, 0.15) is 53.9 Å². The quantitative estimate of drug-likeness (QED) is 0.122. The second-order valence-electron chi connectivity index (χ2n) is 9.87. The van der Waals surface area contributed by atoms with E-state index < -0.39 is 18.2 Å². The number of rotatable bonds is 14. The van der Waals surface area contributed by atoms with Gasteiger partial charge in [0.2, 0.25) is 24.9 Å². The predicted octanol–water partition coefficient (Wildman–Crippen LogP) is 5.81. The Bertz CT molecular complexity index is 1610. The maximum atomic E-state index is 12.9. The monoisotopic (exact) mass is 651 g/mol. The van der Waals surface area contributed by atoms with Crippen molar-refractivity contribution in [3.63, 3.8) is 0 Å². The van der Waals surface area contributed by atoms with Crippen LogP contribution in [0.3, 0.4) is 0 Å². The number of Topliss-reactive ketones (excluding diaryl/α,β-unsaturated/α-hetero) is 1. The Hall–Kier alpha value is -5.28. The number of aromatic nitrogens is 2. The minimum Gasteiger partial charge on any atom is -0.481 e. The van der Waals surface area contributed by atoms with E-state index in [2.05, 4.69) is 19.7 Å². The van der Waals surface area contributed by atoms with Crippen LogP contribution in [0.2, 0.25) is 0 Å². The SMILES string of the molecule is NCCC(O)c1coc(-c2ccc(F)cc2)n1.[C-]#[N+]CCC(=O)CCCC(O)c1coc(-c2ccc(F)cc2)n1.[C-]#[N+]CCC(=O)O. The van der Waals surface area contributed by atoms with Gasteiger partial charge in [0, 0.05) is 17.5 Å². The van der Waals surface area contributed by atoms with E-state index in [0.717, 1.165) is 0 Å². The first-order chi connectivity index (χ1) is 22.6. The number of hydrogen-bond donors (Lipinski definition) is 4. The van der Waals surface area contributed by atoms with Crippen LogP contribution < -0.4 is 5.73 Å². The predicted molar refractivity (Wildman–Crippen MR) is 166 cm³/mol. The molecule has 0 saturated heterocycles. The molecule has 2 aromatic carbocycles. The number of halogens is 2. The van der Waals surface area contributed by atoms with Crippen molar-refractivity contribution in [1.29, 1.82) is 0 Å². The summed E-state index contributed by atoms with van der Waals surface area (Å²) in [5.74, 6) is -0.869. The average Bonchev–Trinajstić information content (AvgIpc) is 3.76. The lowest BCUT2D eigenvalue weighted by molar-refractivity contribution is -0.136. The van der Waals surface area contributed by atoms with E-state index in [1.165, 1.54) is 36.8 Å². The summed E-state index contributed by atoms with van der Waals surface area (Å²) in [6, 6.07) is 11.5. The lowest BCUT2D eigenvalue weighted by atomic mass is 10.1. The lowest BCUT2D eigenvalue weighted by Crippen LogP contribution is -2.06. The summed E-state index contributed by atoms with van der Waals surface area (Å²) in [4.78, 5) is 35.4. The number of carbonyl (C=O) groups excluding carboxylic acids is 1. The number of ketones is 1. The molecule has 0 aliphatic rings. The first-order valence-corrected chi connectivity index (χ1v) is 14.5. The first-order valence-electron chi connectivity index (χ1n) is 14.5. The highest BCUT2D eigenvalue weighted by Crippen LogP contribution is 2.25. The van der Waals surface area contributed by atoms with Gasteiger partial charge in [0.15, 0.2) is 0 Å². The fraction of sp³-hybridized carbons (Fsp3) is 0.333. The number of carbonyl (C=O) groups is 2. The minimum atomic E-state index is -0.906. The van der Waals surface area contributed by atoms with Crippen LogP contribution in [0.5, 0.6) is 0 Å². The molecule has 0 radical (unpaired) electrons. The summed E-state index contributed by atoms with van der Waals surface area (Å²) >= 11 is 0. The molecular weight excluding hydrogens is 616 g/mol. The molecule has 0 amide bonds. The van der Waals surface area contributed by atoms with Gasteiger partial charge in [-0.1, -0.05) is 0 Å². The molecule has 0 aliphatic carbocycles. The Morgan fingerprint density at radius 3 is 1.62 bits per heavy atom. The van der Waals surface area contributed by atoms with Crippen molar-refractivity contribution in [2.24, 2.45) is 5.73 Å². The number of carboxylic acids is 1. The highest BCUT2D eigenvalue weighted by Gasteiger charge is 2.16. The summed E-state index contributed by atoms with van der Waals surface area (Å²) in [6.07, 6.45) is 3.12.